The number of rotatable bonds is 5. The van der Waals surface area contributed by atoms with Gasteiger partial charge in [-0.05, 0) is 42.7 Å². The molecule has 10 heteroatoms. The van der Waals surface area contributed by atoms with Crippen LogP contribution in [0.3, 0.4) is 0 Å². The molecule has 0 bridgehead atoms. The van der Waals surface area contributed by atoms with Gasteiger partial charge in [-0.3, -0.25) is 4.79 Å². The number of nitrogens with zero attached hydrogens (tertiary/aromatic N) is 1. The molecule has 0 saturated carbocycles. The first-order valence-electron chi connectivity index (χ1n) is 9.25. The Balaban J connectivity index is 1.61. The standard InChI is InChI=1S/C20H20ClF3N2O3S/c21-16-5-3-4-14(12-16)13-30(28,29)26-10-8-15(9-11-26)19(27)25-18-7-2-1-6-17(18)20(22,23)24/h1-7,12,15H,8-11,13H2,(H,25,27). The van der Waals surface area contributed by atoms with Gasteiger partial charge in [0.2, 0.25) is 15.9 Å². The van der Waals surface area contributed by atoms with Crippen LogP contribution in [-0.2, 0) is 26.7 Å². The fourth-order valence-electron chi connectivity index (χ4n) is 3.40. The zero-order chi connectivity index (χ0) is 21.9. The van der Waals surface area contributed by atoms with Crippen molar-refractivity contribution in [2.45, 2.75) is 24.8 Å². The zero-order valence-corrected chi connectivity index (χ0v) is 17.4. The van der Waals surface area contributed by atoms with Crippen LogP contribution in [0.25, 0.3) is 0 Å². The van der Waals surface area contributed by atoms with Crippen molar-refractivity contribution in [2.75, 3.05) is 18.4 Å². The fourth-order valence-corrected chi connectivity index (χ4v) is 5.16. The first-order valence-corrected chi connectivity index (χ1v) is 11.2. The lowest BCUT2D eigenvalue weighted by atomic mass is 9.97. The number of halogens is 4. The third kappa shape index (κ3) is 5.53. The lowest BCUT2D eigenvalue weighted by molar-refractivity contribution is -0.137. The summed E-state index contributed by atoms with van der Waals surface area (Å²) in [6.07, 6.45) is -4.12. The number of para-hydroxylation sites is 1. The van der Waals surface area contributed by atoms with Crippen LogP contribution in [0.1, 0.15) is 24.0 Å². The lowest BCUT2D eigenvalue weighted by Crippen LogP contribution is -2.42. The number of carbonyl (C=O) groups is 1. The molecule has 5 nitrogen and oxygen atoms in total. The van der Waals surface area contributed by atoms with Crippen molar-refractivity contribution in [3.63, 3.8) is 0 Å². The van der Waals surface area contributed by atoms with Crippen LogP contribution in [0, 0.1) is 5.92 Å². The van der Waals surface area contributed by atoms with Crippen molar-refractivity contribution >= 4 is 33.2 Å². The van der Waals surface area contributed by atoms with Gasteiger partial charge in [-0.15, -0.1) is 0 Å². The monoisotopic (exact) mass is 460 g/mol. The summed E-state index contributed by atoms with van der Waals surface area (Å²) in [4.78, 5) is 12.5. The highest BCUT2D eigenvalue weighted by Crippen LogP contribution is 2.35. The maximum Gasteiger partial charge on any atom is 0.418 e. The van der Waals surface area contributed by atoms with Gasteiger partial charge in [0.15, 0.2) is 0 Å². The highest BCUT2D eigenvalue weighted by atomic mass is 35.5. The predicted molar refractivity (Wildman–Crippen MR) is 108 cm³/mol. The number of sulfonamides is 1. The first-order chi connectivity index (χ1) is 14.1. The number of benzene rings is 2. The minimum absolute atomic E-state index is 0.127. The van der Waals surface area contributed by atoms with Gasteiger partial charge >= 0.3 is 6.18 Å². The molecule has 0 spiro atoms. The van der Waals surface area contributed by atoms with Crippen molar-refractivity contribution in [3.05, 3.63) is 64.7 Å². The number of nitrogens with one attached hydrogen (secondary N) is 1. The van der Waals surface area contributed by atoms with E-state index in [4.69, 9.17) is 11.6 Å². The summed E-state index contributed by atoms with van der Waals surface area (Å²) in [6.45, 7) is 0.254. The Morgan fingerprint density at radius 2 is 1.77 bits per heavy atom. The molecule has 30 heavy (non-hydrogen) atoms. The number of carbonyl (C=O) groups excluding carboxylic acids is 1. The van der Waals surface area contributed by atoms with E-state index in [0.29, 0.717) is 10.6 Å². The molecule has 1 amide bonds. The molecule has 162 valence electrons. The van der Waals surface area contributed by atoms with Gasteiger partial charge in [0.05, 0.1) is 17.0 Å². The molecule has 1 fully saturated rings. The lowest BCUT2D eigenvalue weighted by Gasteiger charge is -2.30. The average Bonchev–Trinajstić information content (AvgIpc) is 2.67. The van der Waals surface area contributed by atoms with E-state index in [0.717, 1.165) is 6.07 Å². The van der Waals surface area contributed by atoms with E-state index in [1.54, 1.807) is 24.3 Å². The molecule has 0 radical (unpaired) electrons. The van der Waals surface area contributed by atoms with Crippen molar-refractivity contribution in [1.82, 2.24) is 4.31 Å². The Morgan fingerprint density at radius 3 is 2.40 bits per heavy atom. The van der Waals surface area contributed by atoms with Gasteiger partial charge < -0.3 is 5.32 Å². The summed E-state index contributed by atoms with van der Waals surface area (Å²) in [5.41, 5.74) is -0.656. The van der Waals surface area contributed by atoms with Crippen LogP contribution in [0.2, 0.25) is 5.02 Å². The molecule has 1 aliphatic rings. The normalized spacial score (nSPS) is 16.4. The van der Waals surface area contributed by atoms with Crippen LogP contribution < -0.4 is 5.32 Å². The molecule has 1 heterocycles. The predicted octanol–water partition coefficient (Wildman–Crippen LogP) is 4.54. The quantitative estimate of drug-likeness (QED) is 0.712. The maximum absolute atomic E-state index is 13.1. The van der Waals surface area contributed by atoms with Gasteiger partial charge in [0.25, 0.3) is 0 Å². The van der Waals surface area contributed by atoms with E-state index in [2.05, 4.69) is 5.32 Å². The van der Waals surface area contributed by atoms with Crippen molar-refractivity contribution < 1.29 is 26.4 Å². The molecule has 0 unspecified atom stereocenters. The number of piperidine rings is 1. The molecule has 1 saturated heterocycles. The summed E-state index contributed by atoms with van der Waals surface area (Å²) in [5, 5.41) is 2.79. The molecule has 1 N–H and O–H groups in total. The van der Waals surface area contributed by atoms with Crippen LogP contribution in [0.15, 0.2) is 48.5 Å². The van der Waals surface area contributed by atoms with Crippen LogP contribution >= 0.6 is 11.6 Å². The summed E-state index contributed by atoms with van der Waals surface area (Å²) >= 11 is 5.90. The SMILES string of the molecule is O=C(Nc1ccccc1C(F)(F)F)C1CCN(S(=O)(=O)Cc2cccc(Cl)c2)CC1. The van der Waals surface area contributed by atoms with Crippen LogP contribution in [0.4, 0.5) is 18.9 Å². The smallest absolute Gasteiger partial charge is 0.325 e. The molecule has 2 aromatic rings. The highest BCUT2D eigenvalue weighted by Gasteiger charge is 2.35. The molecular weight excluding hydrogens is 441 g/mol. The number of alkyl halides is 3. The Bertz CT molecular complexity index is 1020. The third-order valence-electron chi connectivity index (χ3n) is 4.95. The fraction of sp³-hybridized carbons (Fsp3) is 0.350. The molecule has 2 aromatic carbocycles. The number of hydrogen-bond acceptors (Lipinski definition) is 3. The Labute approximate surface area is 177 Å². The van der Waals surface area contributed by atoms with Crippen molar-refractivity contribution in [1.29, 1.82) is 0 Å². The molecule has 0 aliphatic carbocycles. The zero-order valence-electron chi connectivity index (χ0n) is 15.8. The second kappa shape index (κ2) is 8.95. The van der Waals surface area contributed by atoms with E-state index in [-0.39, 0.29) is 37.4 Å². The number of hydrogen-bond donors (Lipinski definition) is 1. The number of amides is 1. The van der Waals surface area contributed by atoms with Gasteiger partial charge in [-0.2, -0.15) is 13.2 Å². The van der Waals surface area contributed by atoms with E-state index in [1.807, 2.05) is 0 Å². The molecular formula is C20H20ClF3N2O3S. The maximum atomic E-state index is 13.1. The average molecular weight is 461 g/mol. The topological polar surface area (TPSA) is 66.5 Å². The van der Waals surface area contributed by atoms with E-state index in [9.17, 15) is 26.4 Å². The summed E-state index contributed by atoms with van der Waals surface area (Å²) < 4.78 is 65.9. The summed E-state index contributed by atoms with van der Waals surface area (Å²) in [5.74, 6) is -1.31. The van der Waals surface area contributed by atoms with E-state index >= 15 is 0 Å². The van der Waals surface area contributed by atoms with Gasteiger partial charge in [-0.1, -0.05) is 35.9 Å². The third-order valence-corrected chi connectivity index (χ3v) is 7.03. The van der Waals surface area contributed by atoms with Crippen LogP contribution in [-0.4, -0.2) is 31.7 Å². The Kier molecular flexibility index (Phi) is 6.74. The van der Waals surface area contributed by atoms with Crippen LogP contribution in [0.5, 0.6) is 0 Å². The molecule has 3 rings (SSSR count). The highest BCUT2D eigenvalue weighted by molar-refractivity contribution is 7.88. The Morgan fingerprint density at radius 1 is 1.10 bits per heavy atom. The summed E-state index contributed by atoms with van der Waals surface area (Å²) in [7, 11) is -3.59. The minimum Gasteiger partial charge on any atom is -0.325 e. The van der Waals surface area contributed by atoms with Gasteiger partial charge in [-0.25, -0.2) is 12.7 Å². The number of anilines is 1. The molecule has 0 atom stereocenters. The molecule has 1 aliphatic heterocycles. The summed E-state index contributed by atoms with van der Waals surface area (Å²) in [6, 6.07) is 11.3. The minimum atomic E-state index is -4.58. The second-order valence-electron chi connectivity index (χ2n) is 7.09. The first kappa shape index (κ1) is 22.6. The van der Waals surface area contributed by atoms with Crippen molar-refractivity contribution in [2.24, 2.45) is 5.92 Å². The van der Waals surface area contributed by atoms with E-state index in [1.165, 1.54) is 22.5 Å². The van der Waals surface area contributed by atoms with Gasteiger partial charge in [0.1, 0.15) is 0 Å². The molecule has 0 aromatic heterocycles. The Hall–Kier alpha value is -2.10. The second-order valence-corrected chi connectivity index (χ2v) is 9.50. The van der Waals surface area contributed by atoms with Crippen molar-refractivity contribution in [3.8, 4) is 0 Å². The largest absolute Gasteiger partial charge is 0.418 e. The van der Waals surface area contributed by atoms with Gasteiger partial charge in [0, 0.05) is 24.0 Å². The van der Waals surface area contributed by atoms with E-state index < -0.39 is 33.6 Å².